The lowest BCUT2D eigenvalue weighted by Crippen LogP contribution is -2.43. The minimum absolute atomic E-state index is 0.0556. The summed E-state index contributed by atoms with van der Waals surface area (Å²) in [5.41, 5.74) is 6.15. The van der Waals surface area contributed by atoms with Crippen molar-refractivity contribution in [3.05, 3.63) is 90.3 Å². The molecule has 0 fully saturated rings. The van der Waals surface area contributed by atoms with Crippen LogP contribution >= 0.6 is 0 Å². The van der Waals surface area contributed by atoms with E-state index in [-0.39, 0.29) is 18.7 Å². The van der Waals surface area contributed by atoms with Crippen LogP contribution in [-0.2, 0) is 16.2 Å². The van der Waals surface area contributed by atoms with Gasteiger partial charge in [-0.2, -0.15) is 0 Å². The summed E-state index contributed by atoms with van der Waals surface area (Å²) in [5, 5.41) is 2.84. The molecule has 3 aromatic rings. The zero-order chi connectivity index (χ0) is 24.4. The van der Waals surface area contributed by atoms with Crippen molar-refractivity contribution in [1.29, 1.82) is 0 Å². The van der Waals surface area contributed by atoms with Gasteiger partial charge in [0.1, 0.15) is 12.4 Å². The number of nitrogens with one attached hydrogen (secondary N) is 3. The molecule has 0 atom stereocenters. The van der Waals surface area contributed by atoms with Gasteiger partial charge in [0.05, 0.1) is 5.56 Å². The fraction of sp³-hybridized carbons (Fsp3) is 0.231. The number of nitrogens with zero attached hydrogens (tertiary/aromatic N) is 1. The van der Waals surface area contributed by atoms with Crippen molar-refractivity contribution in [2.75, 3.05) is 5.32 Å². The summed E-state index contributed by atoms with van der Waals surface area (Å²) >= 11 is 0. The molecule has 2 aromatic carbocycles. The Labute approximate surface area is 198 Å². The lowest BCUT2D eigenvalue weighted by Gasteiger charge is -2.23. The van der Waals surface area contributed by atoms with Gasteiger partial charge in [0.2, 0.25) is 11.8 Å². The molecule has 8 nitrogen and oxygen atoms in total. The Balaban J connectivity index is 1.42. The van der Waals surface area contributed by atoms with Gasteiger partial charge in [-0.1, -0.05) is 44.2 Å². The van der Waals surface area contributed by atoms with Crippen LogP contribution in [0.15, 0.2) is 79.1 Å². The molecule has 0 aliphatic heterocycles. The third kappa shape index (κ3) is 8.05. The maximum absolute atomic E-state index is 12.5. The third-order valence-corrected chi connectivity index (χ3v) is 4.90. The molecule has 34 heavy (non-hydrogen) atoms. The number of amides is 3. The molecule has 8 heteroatoms. The first-order valence-corrected chi connectivity index (χ1v) is 10.9. The summed E-state index contributed by atoms with van der Waals surface area (Å²) in [6.07, 6.45) is 3.14. The van der Waals surface area contributed by atoms with E-state index in [0.717, 1.165) is 5.56 Å². The van der Waals surface area contributed by atoms with Crippen LogP contribution in [-0.4, -0.2) is 22.7 Å². The van der Waals surface area contributed by atoms with E-state index in [1.165, 1.54) is 6.20 Å². The number of carbonyl (C=O) groups is 3. The first-order chi connectivity index (χ1) is 16.3. The topological polar surface area (TPSA) is 109 Å². The number of anilines is 1. The van der Waals surface area contributed by atoms with Crippen LogP contribution in [0.5, 0.6) is 5.75 Å². The van der Waals surface area contributed by atoms with E-state index in [0.29, 0.717) is 23.6 Å². The summed E-state index contributed by atoms with van der Waals surface area (Å²) in [4.78, 5) is 40.6. The van der Waals surface area contributed by atoms with Gasteiger partial charge in [0, 0.05) is 30.9 Å². The predicted octanol–water partition coefficient (Wildman–Crippen LogP) is 3.87. The van der Waals surface area contributed by atoms with Crippen molar-refractivity contribution in [2.45, 2.75) is 33.3 Å². The van der Waals surface area contributed by atoms with Crippen molar-refractivity contribution in [1.82, 2.24) is 15.8 Å². The minimum Gasteiger partial charge on any atom is -0.489 e. The van der Waals surface area contributed by atoms with Crippen LogP contribution in [0.1, 0.15) is 42.6 Å². The average molecular weight is 461 g/mol. The highest BCUT2D eigenvalue weighted by Gasteiger charge is 2.26. The van der Waals surface area contributed by atoms with E-state index in [1.807, 2.05) is 44.2 Å². The Morgan fingerprint density at radius 3 is 2.24 bits per heavy atom. The zero-order valence-electron chi connectivity index (χ0n) is 19.2. The van der Waals surface area contributed by atoms with E-state index in [2.05, 4.69) is 21.2 Å². The second-order valence-electron chi connectivity index (χ2n) is 8.61. The number of ether oxygens (including phenoxy) is 1. The smallest absolute Gasteiger partial charge is 0.271 e. The Bertz CT molecular complexity index is 1100. The molecule has 0 radical (unpaired) electrons. The van der Waals surface area contributed by atoms with Crippen LogP contribution in [0.4, 0.5) is 5.69 Å². The Morgan fingerprint density at radius 1 is 0.853 bits per heavy atom. The lowest BCUT2D eigenvalue weighted by molar-refractivity contribution is -0.124. The zero-order valence-corrected chi connectivity index (χ0v) is 19.2. The maximum atomic E-state index is 12.5. The highest BCUT2D eigenvalue weighted by atomic mass is 16.5. The molecule has 0 spiro atoms. The number of aromatic nitrogens is 1. The van der Waals surface area contributed by atoms with Gasteiger partial charge >= 0.3 is 0 Å². The van der Waals surface area contributed by atoms with Crippen LogP contribution in [0.25, 0.3) is 0 Å². The largest absolute Gasteiger partial charge is 0.489 e. The van der Waals surface area contributed by atoms with E-state index in [1.54, 1.807) is 42.6 Å². The number of carbonyl (C=O) groups excluding carboxylic acids is 3. The number of pyridine rings is 1. The van der Waals surface area contributed by atoms with Gasteiger partial charge in [-0.25, -0.2) is 0 Å². The summed E-state index contributed by atoms with van der Waals surface area (Å²) in [6, 6.07) is 20.2. The van der Waals surface area contributed by atoms with Crippen molar-refractivity contribution in [2.24, 2.45) is 5.41 Å². The van der Waals surface area contributed by atoms with Crippen LogP contribution < -0.4 is 20.9 Å². The number of benzene rings is 2. The lowest BCUT2D eigenvalue weighted by atomic mass is 9.85. The van der Waals surface area contributed by atoms with Gasteiger partial charge in [0.25, 0.3) is 5.91 Å². The third-order valence-electron chi connectivity index (χ3n) is 4.90. The molecule has 1 heterocycles. The standard InChI is InChI=1S/C26H28N4O4/c1-26(2,16-24(32)29-30-25(33)20-9-6-14-27-17-20)15-23(31)28-21-10-12-22(13-11-21)34-18-19-7-4-3-5-8-19/h3-14,17H,15-16,18H2,1-2H3,(H,28,31)(H,29,32)(H,30,33). The highest BCUT2D eigenvalue weighted by Crippen LogP contribution is 2.26. The van der Waals surface area contributed by atoms with Crippen molar-refractivity contribution < 1.29 is 19.1 Å². The Hall–Kier alpha value is -4.20. The quantitative estimate of drug-likeness (QED) is 0.420. The van der Waals surface area contributed by atoms with Crippen LogP contribution in [0, 0.1) is 5.41 Å². The monoisotopic (exact) mass is 460 g/mol. The van der Waals surface area contributed by atoms with Crippen molar-refractivity contribution in [3.63, 3.8) is 0 Å². The van der Waals surface area contributed by atoms with E-state index in [4.69, 9.17) is 4.74 Å². The molecule has 0 unspecified atom stereocenters. The second-order valence-corrected chi connectivity index (χ2v) is 8.61. The van der Waals surface area contributed by atoms with Crippen LogP contribution in [0.3, 0.4) is 0 Å². The molecule has 0 saturated carbocycles. The first kappa shape index (κ1) is 24.4. The Morgan fingerprint density at radius 2 is 1.56 bits per heavy atom. The molecular formula is C26H28N4O4. The molecule has 3 amide bonds. The van der Waals surface area contributed by atoms with E-state index in [9.17, 15) is 14.4 Å². The molecule has 0 saturated heterocycles. The van der Waals surface area contributed by atoms with Gasteiger partial charge in [-0.15, -0.1) is 0 Å². The molecule has 0 bridgehead atoms. The van der Waals surface area contributed by atoms with Crippen molar-refractivity contribution in [3.8, 4) is 5.75 Å². The van der Waals surface area contributed by atoms with E-state index < -0.39 is 17.2 Å². The summed E-state index contributed by atoms with van der Waals surface area (Å²) in [7, 11) is 0. The summed E-state index contributed by atoms with van der Waals surface area (Å²) in [6.45, 7) is 4.09. The molecule has 0 aliphatic carbocycles. The molecule has 176 valence electrons. The predicted molar refractivity (Wildman–Crippen MR) is 129 cm³/mol. The number of hydrazine groups is 1. The van der Waals surface area contributed by atoms with Gasteiger partial charge < -0.3 is 10.1 Å². The summed E-state index contributed by atoms with van der Waals surface area (Å²) < 4.78 is 5.75. The van der Waals surface area contributed by atoms with Gasteiger partial charge in [-0.05, 0) is 47.4 Å². The SMILES string of the molecule is CC(C)(CC(=O)NNC(=O)c1cccnc1)CC(=O)Nc1ccc(OCc2ccccc2)cc1. The minimum atomic E-state index is -0.619. The van der Waals surface area contributed by atoms with Crippen LogP contribution in [0.2, 0.25) is 0 Å². The van der Waals surface area contributed by atoms with Crippen molar-refractivity contribution >= 4 is 23.4 Å². The summed E-state index contributed by atoms with van der Waals surface area (Å²) in [5.74, 6) is -0.370. The molecule has 3 N–H and O–H groups in total. The normalized spacial score (nSPS) is 10.8. The average Bonchev–Trinajstić information content (AvgIpc) is 2.82. The Kier molecular flexibility index (Phi) is 8.34. The number of hydrogen-bond acceptors (Lipinski definition) is 5. The molecular weight excluding hydrogens is 432 g/mol. The maximum Gasteiger partial charge on any atom is 0.271 e. The molecule has 3 rings (SSSR count). The fourth-order valence-corrected chi connectivity index (χ4v) is 3.25. The fourth-order valence-electron chi connectivity index (χ4n) is 3.25. The molecule has 0 aliphatic rings. The first-order valence-electron chi connectivity index (χ1n) is 10.9. The van der Waals surface area contributed by atoms with Gasteiger partial charge in [0.15, 0.2) is 0 Å². The number of rotatable bonds is 9. The molecule has 1 aromatic heterocycles. The van der Waals surface area contributed by atoms with E-state index >= 15 is 0 Å². The number of hydrogen-bond donors (Lipinski definition) is 3. The van der Waals surface area contributed by atoms with Gasteiger partial charge in [-0.3, -0.25) is 30.2 Å². The second kappa shape index (κ2) is 11.6. The highest BCUT2D eigenvalue weighted by molar-refractivity contribution is 5.95.